The number of fused-ring (bicyclic) bond motifs is 1. The highest BCUT2D eigenvalue weighted by Gasteiger charge is 2.26. The zero-order chi connectivity index (χ0) is 14.8. The van der Waals surface area contributed by atoms with E-state index in [1.54, 1.807) is 11.3 Å². The molecule has 1 fully saturated rings. The Balaban J connectivity index is 1.50. The second-order valence-electron chi connectivity index (χ2n) is 5.10. The molecule has 8 heteroatoms. The summed E-state index contributed by atoms with van der Waals surface area (Å²) in [5, 5.41) is 17.1. The molecular formula is C13H15N3O3S2. The van der Waals surface area contributed by atoms with Crippen molar-refractivity contribution in [2.24, 2.45) is 5.92 Å². The molecule has 2 aromatic heterocycles. The lowest BCUT2D eigenvalue weighted by atomic mass is 9.86. The second kappa shape index (κ2) is 5.98. The summed E-state index contributed by atoms with van der Waals surface area (Å²) in [6.45, 7) is 0. The van der Waals surface area contributed by atoms with Crippen LogP contribution in [0.15, 0.2) is 11.4 Å². The Morgan fingerprint density at radius 1 is 1.29 bits per heavy atom. The van der Waals surface area contributed by atoms with Gasteiger partial charge in [-0.2, -0.15) is 0 Å². The van der Waals surface area contributed by atoms with Gasteiger partial charge < -0.3 is 10.4 Å². The molecule has 0 radical (unpaired) electrons. The number of anilines is 1. The highest BCUT2D eigenvalue weighted by atomic mass is 32.2. The van der Waals surface area contributed by atoms with E-state index in [0.29, 0.717) is 30.8 Å². The zero-order valence-electron chi connectivity index (χ0n) is 11.2. The summed E-state index contributed by atoms with van der Waals surface area (Å²) < 4.78 is 1.09. The summed E-state index contributed by atoms with van der Waals surface area (Å²) in [5.41, 5.74) is 0.905. The number of aromatic nitrogens is 1. The number of carbonyl (C=O) groups is 2. The van der Waals surface area contributed by atoms with Crippen LogP contribution in [-0.4, -0.2) is 28.1 Å². The van der Waals surface area contributed by atoms with Gasteiger partial charge in [-0.3, -0.25) is 10.1 Å². The molecule has 2 heterocycles. The third-order valence-electron chi connectivity index (χ3n) is 3.65. The zero-order valence-corrected chi connectivity index (χ0v) is 12.8. The van der Waals surface area contributed by atoms with Gasteiger partial charge in [-0.1, -0.05) is 11.3 Å². The molecule has 0 unspecified atom stereocenters. The lowest BCUT2D eigenvalue weighted by molar-refractivity contribution is -0.142. The number of hydrogen-bond acceptors (Lipinski definition) is 5. The normalized spacial score (nSPS) is 22.1. The molecule has 3 rings (SSSR count). The largest absolute Gasteiger partial charge is 0.481 e. The number of thiazole rings is 1. The molecule has 0 spiro atoms. The summed E-state index contributed by atoms with van der Waals surface area (Å²) in [6, 6.07) is 1.70. The lowest BCUT2D eigenvalue weighted by Gasteiger charge is -2.26. The molecule has 2 amide bonds. The van der Waals surface area contributed by atoms with E-state index in [1.807, 2.05) is 11.4 Å². The molecule has 1 aliphatic rings. The molecule has 1 aliphatic carbocycles. The monoisotopic (exact) mass is 325 g/mol. The van der Waals surface area contributed by atoms with Crippen molar-refractivity contribution in [1.82, 2.24) is 10.3 Å². The minimum Gasteiger partial charge on any atom is -0.481 e. The van der Waals surface area contributed by atoms with Crippen molar-refractivity contribution < 1.29 is 14.7 Å². The SMILES string of the molecule is O=C(Nc1nc2ccsc2s1)NC1CCC(C(=O)O)CC1. The topological polar surface area (TPSA) is 91.3 Å². The summed E-state index contributed by atoms with van der Waals surface area (Å²) in [6.07, 6.45) is 2.65. The third kappa shape index (κ3) is 3.33. The number of thiophene rings is 1. The van der Waals surface area contributed by atoms with Gasteiger partial charge in [-0.15, -0.1) is 11.3 Å². The number of carbonyl (C=O) groups excluding carboxylic acids is 1. The predicted octanol–water partition coefficient (Wildman–Crippen LogP) is 3.12. The lowest BCUT2D eigenvalue weighted by Crippen LogP contribution is -2.40. The fourth-order valence-corrected chi connectivity index (χ4v) is 4.36. The van der Waals surface area contributed by atoms with Crippen LogP contribution >= 0.6 is 22.7 Å². The number of amides is 2. The van der Waals surface area contributed by atoms with Crippen molar-refractivity contribution in [2.75, 3.05) is 5.32 Å². The van der Waals surface area contributed by atoms with Gasteiger partial charge in [-0.25, -0.2) is 9.78 Å². The fourth-order valence-electron chi connectivity index (χ4n) is 2.52. The van der Waals surface area contributed by atoms with E-state index < -0.39 is 5.97 Å². The number of hydrogen-bond donors (Lipinski definition) is 3. The average molecular weight is 325 g/mol. The second-order valence-corrected chi connectivity index (χ2v) is 7.27. The molecule has 0 aliphatic heterocycles. The summed E-state index contributed by atoms with van der Waals surface area (Å²) in [7, 11) is 0. The first-order chi connectivity index (χ1) is 10.1. The smallest absolute Gasteiger partial charge is 0.321 e. The Bertz CT molecular complexity index is 630. The third-order valence-corrected chi connectivity index (χ3v) is 5.67. The first-order valence-corrected chi connectivity index (χ1v) is 8.46. The Labute approximate surface area is 129 Å². The summed E-state index contributed by atoms with van der Waals surface area (Å²) in [5.74, 6) is -1.00. The molecule has 2 aromatic rings. The van der Waals surface area contributed by atoms with Gasteiger partial charge in [0, 0.05) is 6.04 Å². The summed E-state index contributed by atoms with van der Waals surface area (Å²) >= 11 is 3.06. The number of carboxylic acid groups (broad SMARTS) is 1. The van der Waals surface area contributed by atoms with E-state index in [9.17, 15) is 9.59 Å². The number of aliphatic carboxylic acids is 1. The van der Waals surface area contributed by atoms with E-state index in [1.165, 1.54) is 11.3 Å². The maximum Gasteiger partial charge on any atom is 0.321 e. The van der Waals surface area contributed by atoms with E-state index in [4.69, 9.17) is 5.11 Å². The van der Waals surface area contributed by atoms with Crippen molar-refractivity contribution in [3.05, 3.63) is 11.4 Å². The molecule has 0 aromatic carbocycles. The number of nitrogens with one attached hydrogen (secondary N) is 2. The summed E-state index contributed by atoms with van der Waals surface area (Å²) in [4.78, 5) is 27.1. The molecule has 0 saturated heterocycles. The molecule has 3 N–H and O–H groups in total. The molecule has 1 saturated carbocycles. The Kier molecular flexibility index (Phi) is 4.07. The maximum absolute atomic E-state index is 11.9. The van der Waals surface area contributed by atoms with Crippen LogP contribution in [0, 0.1) is 5.92 Å². The van der Waals surface area contributed by atoms with Crippen LogP contribution in [0.3, 0.4) is 0 Å². The van der Waals surface area contributed by atoms with Gasteiger partial charge >= 0.3 is 12.0 Å². The Morgan fingerprint density at radius 3 is 2.71 bits per heavy atom. The van der Waals surface area contributed by atoms with Crippen molar-refractivity contribution in [3.8, 4) is 0 Å². The minimum atomic E-state index is -0.735. The van der Waals surface area contributed by atoms with Crippen molar-refractivity contribution >= 4 is 49.3 Å². The molecule has 112 valence electrons. The van der Waals surface area contributed by atoms with Crippen molar-refractivity contribution in [3.63, 3.8) is 0 Å². The highest BCUT2D eigenvalue weighted by Crippen LogP contribution is 2.30. The van der Waals surface area contributed by atoms with Crippen LogP contribution in [0.25, 0.3) is 9.53 Å². The van der Waals surface area contributed by atoms with Gasteiger partial charge in [0.05, 0.1) is 11.4 Å². The number of urea groups is 1. The molecule has 6 nitrogen and oxygen atoms in total. The molecule has 0 atom stereocenters. The van der Waals surface area contributed by atoms with Gasteiger partial charge in [0.1, 0.15) is 4.01 Å². The average Bonchev–Trinajstić information content (AvgIpc) is 3.00. The Hall–Kier alpha value is -1.67. The first kappa shape index (κ1) is 14.3. The van der Waals surface area contributed by atoms with Gasteiger partial charge in [0.15, 0.2) is 5.13 Å². The number of rotatable bonds is 3. The van der Waals surface area contributed by atoms with E-state index >= 15 is 0 Å². The van der Waals surface area contributed by atoms with Crippen LogP contribution in [0.1, 0.15) is 25.7 Å². The van der Waals surface area contributed by atoms with Crippen molar-refractivity contribution in [1.29, 1.82) is 0 Å². The van der Waals surface area contributed by atoms with E-state index in [-0.39, 0.29) is 18.0 Å². The van der Waals surface area contributed by atoms with Crippen LogP contribution < -0.4 is 10.6 Å². The molecule has 0 bridgehead atoms. The quantitative estimate of drug-likeness (QED) is 0.808. The van der Waals surface area contributed by atoms with Gasteiger partial charge in [0.25, 0.3) is 0 Å². The molecular weight excluding hydrogens is 310 g/mol. The van der Waals surface area contributed by atoms with E-state index in [2.05, 4.69) is 15.6 Å². The molecule has 21 heavy (non-hydrogen) atoms. The van der Waals surface area contributed by atoms with Crippen LogP contribution in [-0.2, 0) is 4.79 Å². The van der Waals surface area contributed by atoms with Crippen LogP contribution in [0.2, 0.25) is 0 Å². The Morgan fingerprint density at radius 2 is 2.05 bits per heavy atom. The van der Waals surface area contributed by atoms with Crippen molar-refractivity contribution in [2.45, 2.75) is 31.7 Å². The minimum absolute atomic E-state index is 0.0432. The fraction of sp³-hybridized carbons (Fsp3) is 0.462. The maximum atomic E-state index is 11.9. The van der Waals surface area contributed by atoms with Crippen LogP contribution in [0.4, 0.5) is 9.93 Å². The first-order valence-electron chi connectivity index (χ1n) is 6.76. The standard InChI is InChI=1S/C13H15N3O3S2/c17-10(18)7-1-3-8(4-2-7)14-12(19)16-13-15-9-5-6-20-11(9)21-13/h5-8H,1-4H2,(H,17,18)(H2,14,15,16,19). The number of nitrogens with zero attached hydrogens (tertiary/aromatic N) is 1. The van der Waals surface area contributed by atoms with Gasteiger partial charge in [0.2, 0.25) is 0 Å². The van der Waals surface area contributed by atoms with E-state index in [0.717, 1.165) is 9.53 Å². The van der Waals surface area contributed by atoms with Crippen LogP contribution in [0.5, 0.6) is 0 Å². The highest BCUT2D eigenvalue weighted by molar-refractivity contribution is 7.39. The number of carboxylic acids is 1. The van der Waals surface area contributed by atoms with Gasteiger partial charge in [-0.05, 0) is 37.1 Å². The predicted molar refractivity (Wildman–Crippen MR) is 83.0 cm³/mol.